The number of amides is 1. The van der Waals surface area contributed by atoms with Crippen molar-refractivity contribution in [2.75, 3.05) is 16.4 Å². The van der Waals surface area contributed by atoms with Crippen molar-refractivity contribution in [3.63, 3.8) is 0 Å². The van der Waals surface area contributed by atoms with E-state index in [1.165, 1.54) is 0 Å². The molecule has 1 heterocycles. The summed E-state index contributed by atoms with van der Waals surface area (Å²) in [5.74, 6) is 0.651. The molecule has 0 aromatic heterocycles. The van der Waals surface area contributed by atoms with E-state index in [0.717, 1.165) is 16.9 Å². The molecule has 1 amide bonds. The van der Waals surface area contributed by atoms with Crippen molar-refractivity contribution >= 4 is 29.0 Å². The number of thioether (sulfide) groups is 1. The average molecular weight is 270 g/mol. The molecule has 0 radical (unpaired) electrons. The van der Waals surface area contributed by atoms with Crippen molar-refractivity contribution in [3.05, 3.63) is 60.2 Å². The van der Waals surface area contributed by atoms with Gasteiger partial charge < -0.3 is 5.73 Å². The SMILES string of the molecule is Nc1cccc(C2SCC(=O)N2c2ccccc2)c1. The first-order chi connectivity index (χ1) is 9.25. The highest BCUT2D eigenvalue weighted by Gasteiger charge is 2.33. The van der Waals surface area contributed by atoms with E-state index in [-0.39, 0.29) is 11.3 Å². The molecule has 19 heavy (non-hydrogen) atoms. The number of hydrogen-bond acceptors (Lipinski definition) is 3. The first kappa shape index (κ1) is 12.1. The van der Waals surface area contributed by atoms with Crippen molar-refractivity contribution in [2.45, 2.75) is 5.37 Å². The Labute approximate surface area is 116 Å². The summed E-state index contributed by atoms with van der Waals surface area (Å²) in [6, 6.07) is 17.5. The largest absolute Gasteiger partial charge is 0.399 e. The van der Waals surface area contributed by atoms with Crippen molar-refractivity contribution in [3.8, 4) is 0 Å². The van der Waals surface area contributed by atoms with Gasteiger partial charge in [-0.3, -0.25) is 9.69 Å². The van der Waals surface area contributed by atoms with Gasteiger partial charge in [0, 0.05) is 11.4 Å². The lowest BCUT2D eigenvalue weighted by molar-refractivity contribution is -0.115. The van der Waals surface area contributed by atoms with Gasteiger partial charge in [0.1, 0.15) is 5.37 Å². The van der Waals surface area contributed by atoms with E-state index in [4.69, 9.17) is 5.73 Å². The van der Waals surface area contributed by atoms with Gasteiger partial charge in [-0.1, -0.05) is 30.3 Å². The van der Waals surface area contributed by atoms with Gasteiger partial charge in [0.15, 0.2) is 0 Å². The molecule has 96 valence electrons. The molecule has 0 spiro atoms. The number of nitrogens with zero attached hydrogens (tertiary/aromatic N) is 1. The standard InChI is InChI=1S/C15H14N2OS/c16-12-6-4-5-11(9-12)15-17(14(18)10-19-15)13-7-2-1-3-8-13/h1-9,15H,10,16H2. The van der Waals surface area contributed by atoms with Crippen LogP contribution in [0.5, 0.6) is 0 Å². The van der Waals surface area contributed by atoms with Crippen LogP contribution in [0.25, 0.3) is 0 Å². The number of hydrogen-bond donors (Lipinski definition) is 1. The predicted octanol–water partition coefficient (Wildman–Crippen LogP) is 3.05. The maximum Gasteiger partial charge on any atom is 0.238 e. The first-order valence-corrected chi connectivity index (χ1v) is 7.15. The zero-order chi connectivity index (χ0) is 13.2. The van der Waals surface area contributed by atoms with Crippen molar-refractivity contribution in [1.29, 1.82) is 0 Å². The Bertz CT molecular complexity index is 600. The Morgan fingerprint density at radius 3 is 2.63 bits per heavy atom. The van der Waals surface area contributed by atoms with Gasteiger partial charge in [0.2, 0.25) is 5.91 Å². The Morgan fingerprint density at radius 2 is 1.89 bits per heavy atom. The lowest BCUT2D eigenvalue weighted by Crippen LogP contribution is -2.27. The topological polar surface area (TPSA) is 46.3 Å². The first-order valence-electron chi connectivity index (χ1n) is 6.10. The minimum absolute atomic E-state index is 0.0124. The third kappa shape index (κ3) is 2.31. The molecular weight excluding hydrogens is 256 g/mol. The number of carbonyl (C=O) groups is 1. The lowest BCUT2D eigenvalue weighted by Gasteiger charge is -2.24. The number of nitrogens with two attached hydrogens (primary N) is 1. The van der Waals surface area contributed by atoms with Crippen LogP contribution in [-0.4, -0.2) is 11.7 Å². The second kappa shape index (κ2) is 4.97. The molecule has 2 aromatic rings. The fraction of sp³-hybridized carbons (Fsp3) is 0.133. The van der Waals surface area contributed by atoms with Crippen molar-refractivity contribution < 1.29 is 4.79 Å². The van der Waals surface area contributed by atoms with Gasteiger partial charge in [-0.15, -0.1) is 11.8 Å². The second-order valence-electron chi connectivity index (χ2n) is 4.43. The van der Waals surface area contributed by atoms with Crippen LogP contribution in [0.3, 0.4) is 0 Å². The van der Waals surface area contributed by atoms with Gasteiger partial charge in [0.05, 0.1) is 5.75 Å². The highest BCUT2D eigenvalue weighted by Crippen LogP contribution is 2.41. The lowest BCUT2D eigenvalue weighted by atomic mass is 10.1. The average Bonchev–Trinajstić information content (AvgIpc) is 2.82. The normalized spacial score (nSPS) is 18.8. The molecule has 1 saturated heterocycles. The molecule has 2 N–H and O–H groups in total. The third-order valence-corrected chi connectivity index (χ3v) is 4.31. The molecule has 3 rings (SSSR count). The highest BCUT2D eigenvalue weighted by molar-refractivity contribution is 8.00. The van der Waals surface area contributed by atoms with Gasteiger partial charge in [-0.2, -0.15) is 0 Å². The number of carbonyl (C=O) groups excluding carboxylic acids is 1. The monoisotopic (exact) mass is 270 g/mol. The van der Waals surface area contributed by atoms with E-state index >= 15 is 0 Å². The molecule has 3 nitrogen and oxygen atoms in total. The zero-order valence-electron chi connectivity index (χ0n) is 10.3. The summed E-state index contributed by atoms with van der Waals surface area (Å²) < 4.78 is 0. The summed E-state index contributed by atoms with van der Waals surface area (Å²) in [6.45, 7) is 0. The van der Waals surface area contributed by atoms with E-state index in [9.17, 15) is 4.79 Å². The van der Waals surface area contributed by atoms with Gasteiger partial charge >= 0.3 is 0 Å². The third-order valence-electron chi connectivity index (χ3n) is 3.10. The molecule has 1 atom stereocenters. The molecule has 0 bridgehead atoms. The van der Waals surface area contributed by atoms with E-state index in [0.29, 0.717) is 5.75 Å². The smallest absolute Gasteiger partial charge is 0.238 e. The fourth-order valence-electron chi connectivity index (χ4n) is 2.25. The molecule has 1 aliphatic rings. The number of benzene rings is 2. The van der Waals surface area contributed by atoms with Crippen LogP contribution in [0.2, 0.25) is 0 Å². The number of para-hydroxylation sites is 1. The minimum Gasteiger partial charge on any atom is -0.399 e. The number of rotatable bonds is 2. The second-order valence-corrected chi connectivity index (χ2v) is 5.50. The van der Waals surface area contributed by atoms with Crippen LogP contribution in [0.4, 0.5) is 11.4 Å². The van der Waals surface area contributed by atoms with E-state index < -0.39 is 0 Å². The fourth-order valence-corrected chi connectivity index (χ4v) is 3.42. The van der Waals surface area contributed by atoms with E-state index in [1.54, 1.807) is 11.8 Å². The van der Waals surface area contributed by atoms with Crippen molar-refractivity contribution in [2.24, 2.45) is 0 Å². The van der Waals surface area contributed by atoms with Gasteiger partial charge in [-0.05, 0) is 29.8 Å². The van der Waals surface area contributed by atoms with Crippen LogP contribution in [-0.2, 0) is 4.79 Å². The molecule has 4 heteroatoms. The number of nitrogen functional groups attached to an aromatic ring is 1. The van der Waals surface area contributed by atoms with E-state index in [1.807, 2.05) is 59.5 Å². The highest BCUT2D eigenvalue weighted by atomic mass is 32.2. The van der Waals surface area contributed by atoms with Crippen LogP contribution in [0.1, 0.15) is 10.9 Å². The van der Waals surface area contributed by atoms with Crippen molar-refractivity contribution in [1.82, 2.24) is 0 Å². The predicted molar refractivity (Wildman–Crippen MR) is 80.0 cm³/mol. The molecule has 2 aromatic carbocycles. The summed E-state index contributed by atoms with van der Waals surface area (Å²) in [7, 11) is 0. The quantitative estimate of drug-likeness (QED) is 0.853. The Balaban J connectivity index is 1.99. The summed E-state index contributed by atoms with van der Waals surface area (Å²) in [5.41, 5.74) is 8.56. The maximum absolute atomic E-state index is 12.1. The Hall–Kier alpha value is -1.94. The summed E-state index contributed by atoms with van der Waals surface area (Å²) in [6.07, 6.45) is 0. The summed E-state index contributed by atoms with van der Waals surface area (Å²) in [5, 5.41) is 0.0124. The van der Waals surface area contributed by atoms with Gasteiger partial charge in [-0.25, -0.2) is 0 Å². The zero-order valence-corrected chi connectivity index (χ0v) is 11.1. The summed E-state index contributed by atoms with van der Waals surface area (Å²) >= 11 is 1.64. The number of anilines is 2. The molecule has 0 saturated carbocycles. The maximum atomic E-state index is 12.1. The molecule has 0 aliphatic carbocycles. The Morgan fingerprint density at radius 1 is 1.11 bits per heavy atom. The van der Waals surface area contributed by atoms with Crippen LogP contribution in [0.15, 0.2) is 54.6 Å². The van der Waals surface area contributed by atoms with Crippen LogP contribution in [0, 0.1) is 0 Å². The molecular formula is C15H14N2OS. The molecule has 1 unspecified atom stereocenters. The van der Waals surface area contributed by atoms with Gasteiger partial charge in [0.25, 0.3) is 0 Å². The van der Waals surface area contributed by atoms with E-state index in [2.05, 4.69) is 0 Å². The Kier molecular flexibility index (Phi) is 3.17. The molecule has 1 aliphatic heterocycles. The van der Waals surface area contributed by atoms with Crippen LogP contribution >= 0.6 is 11.8 Å². The molecule has 1 fully saturated rings. The minimum atomic E-state index is 0.0124. The summed E-state index contributed by atoms with van der Waals surface area (Å²) in [4.78, 5) is 14.0. The van der Waals surface area contributed by atoms with Crippen LogP contribution < -0.4 is 10.6 Å².